The van der Waals surface area contributed by atoms with Gasteiger partial charge in [0.1, 0.15) is 0 Å². The summed E-state index contributed by atoms with van der Waals surface area (Å²) in [5, 5.41) is 0. The van der Waals surface area contributed by atoms with Gasteiger partial charge in [0, 0.05) is 0 Å². The van der Waals surface area contributed by atoms with Crippen LogP contribution in [0, 0.1) is 5.92 Å². The third kappa shape index (κ3) is 2.47. The minimum absolute atomic E-state index is 0.578. The Kier molecular flexibility index (Phi) is 2.52. The van der Waals surface area contributed by atoms with Crippen molar-refractivity contribution in [3.8, 4) is 0 Å². The molecule has 0 aromatic carbocycles. The lowest BCUT2D eigenvalue weighted by Crippen LogP contribution is -1.95. The Labute approximate surface area is 56.0 Å². The molecule has 1 heteroatoms. The van der Waals surface area contributed by atoms with Crippen molar-refractivity contribution in [2.24, 2.45) is 5.92 Å². The Hall–Kier alpha value is -0.560. The average molecular weight is 124 g/mol. The Morgan fingerprint density at radius 2 is 1.78 bits per heavy atom. The van der Waals surface area contributed by atoms with E-state index in [4.69, 9.17) is 4.74 Å². The molecular formula is C8H12O. The van der Waals surface area contributed by atoms with Crippen molar-refractivity contribution in [1.29, 1.82) is 0 Å². The van der Waals surface area contributed by atoms with E-state index >= 15 is 0 Å². The fourth-order valence-corrected chi connectivity index (χ4v) is 0.809. The van der Waals surface area contributed by atoms with Crippen molar-refractivity contribution in [3.05, 3.63) is 24.3 Å². The summed E-state index contributed by atoms with van der Waals surface area (Å²) in [4.78, 5) is 0. The highest BCUT2D eigenvalue weighted by atomic mass is 16.5. The highest BCUT2D eigenvalue weighted by Gasteiger charge is 1.91. The Morgan fingerprint density at radius 1 is 1.22 bits per heavy atom. The van der Waals surface area contributed by atoms with Crippen LogP contribution in [0.5, 0.6) is 0 Å². The second-order valence-corrected chi connectivity index (χ2v) is 2.25. The molecule has 1 heterocycles. The molecule has 0 saturated heterocycles. The molecule has 0 aromatic rings. The second kappa shape index (κ2) is 3.46. The summed E-state index contributed by atoms with van der Waals surface area (Å²) >= 11 is 0. The van der Waals surface area contributed by atoms with Crippen molar-refractivity contribution in [1.82, 2.24) is 0 Å². The SMILES string of the molecule is CC1C=CCOCC=C1. The molecule has 0 N–H and O–H groups in total. The van der Waals surface area contributed by atoms with Crippen LogP contribution < -0.4 is 0 Å². The van der Waals surface area contributed by atoms with Gasteiger partial charge in [0.25, 0.3) is 0 Å². The van der Waals surface area contributed by atoms with Crippen molar-refractivity contribution < 1.29 is 4.74 Å². The standard InChI is InChI=1S/C8H12O/c1-8-4-2-6-9-7-3-5-8/h2-5,8H,6-7H2,1H3. The van der Waals surface area contributed by atoms with E-state index in [-0.39, 0.29) is 0 Å². The maximum atomic E-state index is 5.15. The van der Waals surface area contributed by atoms with Gasteiger partial charge in [0.05, 0.1) is 13.2 Å². The lowest BCUT2D eigenvalue weighted by molar-refractivity contribution is 0.192. The maximum Gasteiger partial charge on any atom is 0.0651 e. The van der Waals surface area contributed by atoms with Gasteiger partial charge in [-0.05, 0) is 5.92 Å². The van der Waals surface area contributed by atoms with E-state index in [1.807, 2.05) is 0 Å². The van der Waals surface area contributed by atoms with Crippen LogP contribution in [0.15, 0.2) is 24.3 Å². The van der Waals surface area contributed by atoms with E-state index in [2.05, 4.69) is 31.2 Å². The summed E-state index contributed by atoms with van der Waals surface area (Å²) in [5.74, 6) is 0.578. The van der Waals surface area contributed by atoms with Crippen LogP contribution in [0.1, 0.15) is 6.92 Å². The molecular weight excluding hydrogens is 112 g/mol. The Morgan fingerprint density at radius 3 is 2.33 bits per heavy atom. The van der Waals surface area contributed by atoms with Crippen molar-refractivity contribution >= 4 is 0 Å². The summed E-state index contributed by atoms with van der Waals surface area (Å²) in [5.41, 5.74) is 0. The molecule has 0 saturated carbocycles. The van der Waals surface area contributed by atoms with Gasteiger partial charge in [-0.15, -0.1) is 0 Å². The van der Waals surface area contributed by atoms with E-state index in [1.54, 1.807) is 0 Å². The van der Waals surface area contributed by atoms with E-state index in [0.29, 0.717) is 5.92 Å². The largest absolute Gasteiger partial charge is 0.373 e. The van der Waals surface area contributed by atoms with Gasteiger partial charge in [0.15, 0.2) is 0 Å². The topological polar surface area (TPSA) is 9.23 Å². The van der Waals surface area contributed by atoms with Gasteiger partial charge in [-0.25, -0.2) is 0 Å². The first-order valence-electron chi connectivity index (χ1n) is 3.30. The van der Waals surface area contributed by atoms with E-state index in [0.717, 1.165) is 13.2 Å². The molecule has 1 aliphatic heterocycles. The molecule has 0 aliphatic carbocycles. The van der Waals surface area contributed by atoms with Crippen molar-refractivity contribution in [3.63, 3.8) is 0 Å². The summed E-state index contributed by atoms with van der Waals surface area (Å²) in [6.45, 7) is 3.68. The van der Waals surface area contributed by atoms with Gasteiger partial charge in [-0.2, -0.15) is 0 Å². The molecule has 0 unspecified atom stereocenters. The Bertz CT molecular complexity index is 111. The fraction of sp³-hybridized carbons (Fsp3) is 0.500. The van der Waals surface area contributed by atoms with Gasteiger partial charge >= 0.3 is 0 Å². The van der Waals surface area contributed by atoms with Crippen LogP contribution in [0.4, 0.5) is 0 Å². The molecule has 1 nitrogen and oxygen atoms in total. The van der Waals surface area contributed by atoms with Gasteiger partial charge in [-0.3, -0.25) is 0 Å². The van der Waals surface area contributed by atoms with Gasteiger partial charge in [-0.1, -0.05) is 31.2 Å². The maximum absolute atomic E-state index is 5.15. The van der Waals surface area contributed by atoms with Crippen LogP contribution in [0.25, 0.3) is 0 Å². The van der Waals surface area contributed by atoms with Crippen molar-refractivity contribution in [2.45, 2.75) is 6.92 Å². The zero-order valence-corrected chi connectivity index (χ0v) is 5.71. The lowest BCUT2D eigenvalue weighted by Gasteiger charge is -2.02. The minimum atomic E-state index is 0.578. The van der Waals surface area contributed by atoms with Crippen LogP contribution >= 0.6 is 0 Å². The number of hydrogen-bond acceptors (Lipinski definition) is 1. The molecule has 1 rings (SSSR count). The molecule has 0 radical (unpaired) electrons. The molecule has 9 heavy (non-hydrogen) atoms. The predicted octanol–water partition coefficient (Wildman–Crippen LogP) is 1.77. The molecule has 0 bridgehead atoms. The summed E-state index contributed by atoms with van der Waals surface area (Å²) < 4.78 is 5.15. The molecule has 0 amide bonds. The third-order valence-corrected chi connectivity index (χ3v) is 1.31. The molecule has 0 atom stereocenters. The molecule has 0 spiro atoms. The molecule has 0 fully saturated rings. The highest BCUT2D eigenvalue weighted by Crippen LogP contribution is 2.01. The summed E-state index contributed by atoms with van der Waals surface area (Å²) in [6.07, 6.45) is 8.42. The number of hydrogen-bond donors (Lipinski definition) is 0. The minimum Gasteiger partial charge on any atom is -0.373 e. The first-order valence-corrected chi connectivity index (χ1v) is 3.30. The monoisotopic (exact) mass is 124 g/mol. The number of ether oxygens (including phenoxy) is 1. The third-order valence-electron chi connectivity index (χ3n) is 1.31. The average Bonchev–Trinajstić information content (AvgIpc) is 1.79. The predicted molar refractivity (Wildman–Crippen MR) is 38.3 cm³/mol. The first kappa shape index (κ1) is 6.56. The van der Waals surface area contributed by atoms with Crippen molar-refractivity contribution in [2.75, 3.05) is 13.2 Å². The van der Waals surface area contributed by atoms with Gasteiger partial charge in [0.2, 0.25) is 0 Å². The van der Waals surface area contributed by atoms with Crippen LogP contribution in [0.3, 0.4) is 0 Å². The zero-order chi connectivity index (χ0) is 6.53. The fourth-order valence-electron chi connectivity index (χ4n) is 0.809. The van der Waals surface area contributed by atoms with Crippen LogP contribution in [-0.4, -0.2) is 13.2 Å². The highest BCUT2D eigenvalue weighted by molar-refractivity contribution is 5.00. The van der Waals surface area contributed by atoms with Crippen LogP contribution in [0.2, 0.25) is 0 Å². The van der Waals surface area contributed by atoms with E-state index in [1.165, 1.54) is 0 Å². The zero-order valence-electron chi connectivity index (χ0n) is 5.71. The number of allylic oxidation sites excluding steroid dienone is 2. The Balaban J connectivity index is 2.44. The van der Waals surface area contributed by atoms with Crippen LogP contribution in [-0.2, 0) is 4.74 Å². The smallest absolute Gasteiger partial charge is 0.0651 e. The summed E-state index contributed by atoms with van der Waals surface area (Å²) in [6, 6.07) is 0. The summed E-state index contributed by atoms with van der Waals surface area (Å²) in [7, 11) is 0. The quantitative estimate of drug-likeness (QED) is 0.447. The van der Waals surface area contributed by atoms with E-state index in [9.17, 15) is 0 Å². The molecule has 1 aliphatic rings. The normalized spacial score (nSPS) is 27.4. The lowest BCUT2D eigenvalue weighted by atomic mass is 10.1. The molecule has 50 valence electrons. The second-order valence-electron chi connectivity index (χ2n) is 2.25. The van der Waals surface area contributed by atoms with Gasteiger partial charge < -0.3 is 4.74 Å². The van der Waals surface area contributed by atoms with E-state index < -0.39 is 0 Å². The first-order chi connectivity index (χ1) is 4.39. The molecule has 0 aromatic heterocycles. The number of rotatable bonds is 0.